The summed E-state index contributed by atoms with van der Waals surface area (Å²) in [5.41, 5.74) is 1.98. The number of methoxy groups -OCH3 is 3. The molecule has 0 radical (unpaired) electrons. The van der Waals surface area contributed by atoms with E-state index in [1.807, 2.05) is 6.07 Å². The molecule has 202 valence electrons. The van der Waals surface area contributed by atoms with E-state index < -0.39 is 5.91 Å². The SMILES string of the molecule is COc1ccc(-n2nc(C(=O)Nc3ccc(Oc4ccnc5cc(OC)c(OC)cc45)cc3)c(C)cc2=O)cc1. The zero-order valence-electron chi connectivity index (χ0n) is 22.3. The summed E-state index contributed by atoms with van der Waals surface area (Å²) in [5, 5.41) is 7.91. The summed E-state index contributed by atoms with van der Waals surface area (Å²) in [5.74, 6) is 2.48. The van der Waals surface area contributed by atoms with Crippen molar-refractivity contribution in [2.24, 2.45) is 0 Å². The van der Waals surface area contributed by atoms with E-state index in [4.69, 9.17) is 18.9 Å². The Kier molecular flexibility index (Phi) is 7.32. The molecule has 10 heteroatoms. The average Bonchev–Trinajstić information content (AvgIpc) is 2.97. The number of hydrogen-bond acceptors (Lipinski definition) is 8. The highest BCUT2D eigenvalue weighted by molar-refractivity contribution is 6.03. The van der Waals surface area contributed by atoms with Gasteiger partial charge in [-0.2, -0.15) is 9.78 Å². The predicted molar refractivity (Wildman–Crippen MR) is 150 cm³/mol. The van der Waals surface area contributed by atoms with Crippen LogP contribution in [0.4, 0.5) is 5.69 Å². The molecule has 1 N–H and O–H groups in total. The number of anilines is 1. The van der Waals surface area contributed by atoms with Gasteiger partial charge in [0.2, 0.25) is 0 Å². The number of rotatable bonds is 8. The molecule has 0 saturated heterocycles. The summed E-state index contributed by atoms with van der Waals surface area (Å²) in [6.45, 7) is 1.67. The molecule has 5 aromatic rings. The first kappa shape index (κ1) is 26.2. The number of hydrogen-bond donors (Lipinski definition) is 1. The van der Waals surface area contributed by atoms with Crippen LogP contribution in [0.2, 0.25) is 0 Å². The average molecular weight is 539 g/mol. The Balaban J connectivity index is 1.35. The number of carbonyl (C=O) groups is 1. The van der Waals surface area contributed by atoms with Crippen LogP contribution >= 0.6 is 0 Å². The molecule has 2 aromatic heterocycles. The van der Waals surface area contributed by atoms with Gasteiger partial charge in [-0.05, 0) is 73.2 Å². The van der Waals surface area contributed by atoms with Gasteiger partial charge in [-0.25, -0.2) is 0 Å². The third kappa shape index (κ3) is 5.28. The Bertz CT molecular complexity index is 1750. The Hall–Kier alpha value is -5.38. The summed E-state index contributed by atoms with van der Waals surface area (Å²) in [7, 11) is 4.69. The van der Waals surface area contributed by atoms with Gasteiger partial charge in [0.25, 0.3) is 11.5 Å². The van der Waals surface area contributed by atoms with Crippen LogP contribution in [-0.2, 0) is 0 Å². The zero-order chi connectivity index (χ0) is 28.2. The van der Waals surface area contributed by atoms with Crippen LogP contribution in [0.3, 0.4) is 0 Å². The van der Waals surface area contributed by atoms with E-state index in [0.29, 0.717) is 51.2 Å². The Labute approximate surface area is 229 Å². The summed E-state index contributed by atoms with van der Waals surface area (Å²) < 4.78 is 23.2. The van der Waals surface area contributed by atoms with E-state index >= 15 is 0 Å². The lowest BCUT2D eigenvalue weighted by Crippen LogP contribution is -2.26. The molecule has 0 bridgehead atoms. The predicted octanol–water partition coefficient (Wildman–Crippen LogP) is 5.16. The van der Waals surface area contributed by atoms with Gasteiger partial charge in [0, 0.05) is 29.4 Å². The standard InChI is InChI=1S/C30H26N4O6/c1-18-15-28(35)34(20-7-11-21(37-2)12-8-20)33-29(18)30(36)32-19-5-9-22(10-6-19)40-25-13-14-31-24-17-27(39-4)26(38-3)16-23(24)25/h5-17H,1-4H3,(H,32,36). The van der Waals surface area contributed by atoms with Crippen LogP contribution in [0.5, 0.6) is 28.7 Å². The summed E-state index contributed by atoms with van der Waals surface area (Å²) >= 11 is 0. The topological polar surface area (TPSA) is 114 Å². The van der Waals surface area contributed by atoms with Gasteiger partial charge in [-0.3, -0.25) is 14.6 Å². The molecule has 3 aromatic carbocycles. The minimum atomic E-state index is -0.449. The molecule has 0 fully saturated rings. The van der Waals surface area contributed by atoms with Crippen molar-refractivity contribution in [3.05, 3.63) is 101 Å². The molecular formula is C30H26N4O6. The van der Waals surface area contributed by atoms with Crippen molar-refractivity contribution in [2.45, 2.75) is 6.92 Å². The van der Waals surface area contributed by atoms with E-state index in [0.717, 1.165) is 5.39 Å². The maximum absolute atomic E-state index is 13.1. The number of carbonyl (C=O) groups excluding carboxylic acids is 1. The van der Waals surface area contributed by atoms with Crippen LogP contribution in [0.25, 0.3) is 16.6 Å². The number of aryl methyl sites for hydroxylation is 1. The molecule has 2 heterocycles. The van der Waals surface area contributed by atoms with Gasteiger partial charge < -0.3 is 24.3 Å². The molecule has 10 nitrogen and oxygen atoms in total. The van der Waals surface area contributed by atoms with Gasteiger partial charge in [0.05, 0.1) is 32.5 Å². The summed E-state index contributed by atoms with van der Waals surface area (Å²) in [6, 6.07) is 20.5. The van der Waals surface area contributed by atoms with E-state index in [1.54, 1.807) is 95.1 Å². The third-order valence-corrected chi connectivity index (χ3v) is 6.20. The van der Waals surface area contributed by atoms with E-state index in [9.17, 15) is 9.59 Å². The second-order valence-electron chi connectivity index (χ2n) is 8.74. The highest BCUT2D eigenvalue weighted by Crippen LogP contribution is 2.37. The van der Waals surface area contributed by atoms with Crippen LogP contribution < -0.4 is 29.8 Å². The maximum Gasteiger partial charge on any atom is 0.276 e. The van der Waals surface area contributed by atoms with Crippen molar-refractivity contribution in [1.29, 1.82) is 0 Å². The lowest BCUT2D eigenvalue weighted by atomic mass is 10.2. The van der Waals surface area contributed by atoms with Crippen molar-refractivity contribution in [3.63, 3.8) is 0 Å². The normalized spacial score (nSPS) is 10.7. The fraction of sp³-hybridized carbons (Fsp3) is 0.133. The van der Waals surface area contributed by atoms with Crippen molar-refractivity contribution in [3.8, 4) is 34.4 Å². The van der Waals surface area contributed by atoms with Crippen molar-refractivity contribution in [2.75, 3.05) is 26.6 Å². The number of nitrogens with one attached hydrogen (secondary N) is 1. The van der Waals surface area contributed by atoms with E-state index in [2.05, 4.69) is 15.4 Å². The quantitative estimate of drug-likeness (QED) is 0.288. The number of ether oxygens (including phenoxy) is 4. The van der Waals surface area contributed by atoms with Gasteiger partial charge in [0.1, 0.15) is 17.2 Å². The van der Waals surface area contributed by atoms with Gasteiger partial charge in [0.15, 0.2) is 17.2 Å². The van der Waals surface area contributed by atoms with Gasteiger partial charge in [-0.1, -0.05) is 0 Å². The van der Waals surface area contributed by atoms with Crippen LogP contribution in [0.1, 0.15) is 16.1 Å². The fourth-order valence-corrected chi connectivity index (χ4v) is 4.14. The maximum atomic E-state index is 13.1. The van der Waals surface area contributed by atoms with Crippen molar-refractivity contribution >= 4 is 22.5 Å². The van der Waals surface area contributed by atoms with Crippen LogP contribution in [0, 0.1) is 6.92 Å². The molecule has 40 heavy (non-hydrogen) atoms. The largest absolute Gasteiger partial charge is 0.497 e. The summed E-state index contributed by atoms with van der Waals surface area (Å²) in [6.07, 6.45) is 1.65. The highest BCUT2D eigenvalue weighted by Gasteiger charge is 2.16. The first-order valence-corrected chi connectivity index (χ1v) is 12.3. The Morgan fingerprint density at radius 1 is 0.800 bits per heavy atom. The first-order valence-electron chi connectivity index (χ1n) is 12.3. The number of amides is 1. The smallest absolute Gasteiger partial charge is 0.276 e. The van der Waals surface area contributed by atoms with E-state index in [-0.39, 0.29) is 11.3 Å². The van der Waals surface area contributed by atoms with E-state index in [1.165, 1.54) is 10.7 Å². The second-order valence-corrected chi connectivity index (χ2v) is 8.74. The number of pyridine rings is 1. The molecule has 0 atom stereocenters. The highest BCUT2D eigenvalue weighted by atomic mass is 16.5. The molecular weight excluding hydrogens is 512 g/mol. The summed E-state index contributed by atoms with van der Waals surface area (Å²) in [4.78, 5) is 30.1. The Morgan fingerprint density at radius 3 is 2.15 bits per heavy atom. The zero-order valence-corrected chi connectivity index (χ0v) is 22.3. The Morgan fingerprint density at radius 2 is 1.48 bits per heavy atom. The monoisotopic (exact) mass is 538 g/mol. The van der Waals surface area contributed by atoms with Crippen molar-refractivity contribution < 1.29 is 23.7 Å². The molecule has 0 aliphatic rings. The molecule has 0 unspecified atom stereocenters. The molecule has 0 aliphatic carbocycles. The fourth-order valence-electron chi connectivity index (χ4n) is 4.14. The lowest BCUT2D eigenvalue weighted by Gasteiger charge is -2.13. The lowest BCUT2D eigenvalue weighted by molar-refractivity contribution is 0.102. The first-order chi connectivity index (χ1) is 19.4. The number of fused-ring (bicyclic) bond motifs is 1. The number of nitrogens with zero attached hydrogens (tertiary/aromatic N) is 3. The minimum Gasteiger partial charge on any atom is -0.497 e. The molecule has 0 spiro atoms. The van der Waals surface area contributed by atoms with Crippen LogP contribution in [-0.4, -0.2) is 42.0 Å². The van der Waals surface area contributed by atoms with Gasteiger partial charge in [-0.15, -0.1) is 0 Å². The molecule has 5 rings (SSSR count). The number of benzene rings is 3. The molecule has 1 amide bonds. The third-order valence-electron chi connectivity index (χ3n) is 6.20. The van der Waals surface area contributed by atoms with Crippen LogP contribution in [0.15, 0.2) is 83.8 Å². The molecule has 0 saturated carbocycles. The van der Waals surface area contributed by atoms with Crippen molar-refractivity contribution in [1.82, 2.24) is 14.8 Å². The number of aromatic nitrogens is 3. The van der Waals surface area contributed by atoms with Gasteiger partial charge >= 0.3 is 0 Å². The minimum absolute atomic E-state index is 0.128. The second kappa shape index (κ2) is 11.2. The molecule has 0 aliphatic heterocycles.